The summed E-state index contributed by atoms with van der Waals surface area (Å²) in [4.78, 5) is 10.9. The van der Waals surface area contributed by atoms with E-state index in [1.165, 1.54) is 0 Å². The summed E-state index contributed by atoms with van der Waals surface area (Å²) in [6, 6.07) is 16.8. The van der Waals surface area contributed by atoms with Crippen molar-refractivity contribution in [3.05, 3.63) is 65.7 Å². The van der Waals surface area contributed by atoms with Gasteiger partial charge in [-0.1, -0.05) is 55.5 Å². The van der Waals surface area contributed by atoms with E-state index in [-0.39, 0.29) is 5.75 Å². The minimum Gasteiger partial charge on any atom is -0.449 e. The molecule has 0 aromatic heterocycles. The Hall–Kier alpha value is -2.33. The van der Waals surface area contributed by atoms with Crippen molar-refractivity contribution < 1.29 is 19.4 Å². The molecular formula is C18H20O4. The van der Waals surface area contributed by atoms with Gasteiger partial charge in [0.2, 0.25) is 0 Å². The maximum atomic E-state index is 10.9. The molecule has 116 valence electrons. The standard InChI is InChI=1S/C18H20O4/c1-3-13-21-18(2,14-9-5-4-6-10-14)15-11-7-8-12-16(15)22-17(19)20/h4-12H,3,13H2,1-2H3,(H,19,20). The molecule has 0 saturated heterocycles. The highest BCUT2D eigenvalue weighted by atomic mass is 16.7. The number of rotatable bonds is 6. The van der Waals surface area contributed by atoms with Crippen LogP contribution >= 0.6 is 0 Å². The highest BCUT2D eigenvalue weighted by Crippen LogP contribution is 2.38. The van der Waals surface area contributed by atoms with E-state index >= 15 is 0 Å². The average Bonchev–Trinajstić information content (AvgIpc) is 2.53. The molecule has 1 N–H and O–H groups in total. The Morgan fingerprint density at radius 1 is 1.09 bits per heavy atom. The topological polar surface area (TPSA) is 55.8 Å². The number of hydrogen-bond donors (Lipinski definition) is 1. The van der Waals surface area contributed by atoms with Gasteiger partial charge in [-0.05, 0) is 25.0 Å². The van der Waals surface area contributed by atoms with E-state index in [1.807, 2.05) is 56.3 Å². The highest BCUT2D eigenvalue weighted by Gasteiger charge is 2.33. The lowest BCUT2D eigenvalue weighted by molar-refractivity contribution is -0.00529. The van der Waals surface area contributed by atoms with Crippen LogP contribution in [-0.4, -0.2) is 17.9 Å². The van der Waals surface area contributed by atoms with Gasteiger partial charge in [-0.15, -0.1) is 0 Å². The number of para-hydroxylation sites is 1. The maximum absolute atomic E-state index is 10.9. The van der Waals surface area contributed by atoms with Crippen LogP contribution in [0.25, 0.3) is 0 Å². The molecule has 0 radical (unpaired) electrons. The molecule has 0 aliphatic rings. The smallest absolute Gasteiger partial charge is 0.449 e. The van der Waals surface area contributed by atoms with Crippen LogP contribution in [0.4, 0.5) is 4.79 Å². The SMILES string of the molecule is CCCOC(C)(c1ccccc1)c1ccccc1OC(=O)O. The Morgan fingerprint density at radius 3 is 2.36 bits per heavy atom. The number of carboxylic acid groups (broad SMARTS) is 1. The third-order valence-corrected chi connectivity index (χ3v) is 3.52. The van der Waals surface area contributed by atoms with Gasteiger partial charge in [-0.3, -0.25) is 0 Å². The van der Waals surface area contributed by atoms with Gasteiger partial charge in [0.15, 0.2) is 0 Å². The van der Waals surface area contributed by atoms with Gasteiger partial charge in [-0.25, -0.2) is 4.79 Å². The molecule has 1 atom stereocenters. The molecule has 2 aromatic carbocycles. The first-order valence-electron chi connectivity index (χ1n) is 7.27. The molecule has 0 bridgehead atoms. The molecule has 1 unspecified atom stereocenters. The lowest BCUT2D eigenvalue weighted by Gasteiger charge is -2.32. The molecule has 0 heterocycles. The van der Waals surface area contributed by atoms with Crippen LogP contribution in [0.5, 0.6) is 5.75 Å². The summed E-state index contributed by atoms with van der Waals surface area (Å²) in [7, 11) is 0. The summed E-state index contributed by atoms with van der Waals surface area (Å²) >= 11 is 0. The van der Waals surface area contributed by atoms with E-state index in [0.717, 1.165) is 12.0 Å². The third-order valence-electron chi connectivity index (χ3n) is 3.52. The van der Waals surface area contributed by atoms with Gasteiger partial charge < -0.3 is 14.6 Å². The molecule has 0 spiro atoms. The van der Waals surface area contributed by atoms with Crippen LogP contribution in [0.15, 0.2) is 54.6 Å². The Labute approximate surface area is 130 Å². The fourth-order valence-corrected chi connectivity index (χ4v) is 2.42. The quantitative estimate of drug-likeness (QED) is 0.633. The van der Waals surface area contributed by atoms with Crippen molar-refractivity contribution in [3.8, 4) is 5.75 Å². The van der Waals surface area contributed by atoms with Crippen LogP contribution in [-0.2, 0) is 10.3 Å². The molecule has 4 nitrogen and oxygen atoms in total. The second kappa shape index (κ2) is 7.09. The van der Waals surface area contributed by atoms with Gasteiger partial charge in [0.1, 0.15) is 11.4 Å². The van der Waals surface area contributed by atoms with E-state index < -0.39 is 11.8 Å². The van der Waals surface area contributed by atoms with E-state index in [9.17, 15) is 4.79 Å². The van der Waals surface area contributed by atoms with Crippen molar-refractivity contribution in [1.82, 2.24) is 0 Å². The normalized spacial score (nSPS) is 13.4. The predicted molar refractivity (Wildman–Crippen MR) is 84.2 cm³/mol. The van der Waals surface area contributed by atoms with Gasteiger partial charge in [0, 0.05) is 12.2 Å². The Kier molecular flexibility index (Phi) is 5.17. The number of carbonyl (C=O) groups is 1. The van der Waals surface area contributed by atoms with Crippen molar-refractivity contribution in [3.63, 3.8) is 0 Å². The first kappa shape index (κ1) is 16.0. The van der Waals surface area contributed by atoms with Crippen LogP contribution < -0.4 is 4.74 Å². The monoisotopic (exact) mass is 300 g/mol. The predicted octanol–water partition coefficient (Wildman–Crippen LogP) is 4.43. The summed E-state index contributed by atoms with van der Waals surface area (Å²) in [5.74, 6) is 0.289. The van der Waals surface area contributed by atoms with Crippen LogP contribution in [0.3, 0.4) is 0 Å². The van der Waals surface area contributed by atoms with E-state index in [2.05, 4.69) is 0 Å². The van der Waals surface area contributed by atoms with Gasteiger partial charge in [-0.2, -0.15) is 0 Å². The summed E-state index contributed by atoms with van der Waals surface area (Å²) < 4.78 is 11.0. The van der Waals surface area contributed by atoms with Crippen molar-refractivity contribution >= 4 is 6.16 Å². The lowest BCUT2D eigenvalue weighted by Crippen LogP contribution is -2.29. The number of hydrogen-bond acceptors (Lipinski definition) is 3. The molecule has 0 aliphatic heterocycles. The van der Waals surface area contributed by atoms with Crippen LogP contribution in [0.2, 0.25) is 0 Å². The molecule has 0 fully saturated rings. The summed E-state index contributed by atoms with van der Waals surface area (Å²) in [5, 5.41) is 8.94. The van der Waals surface area contributed by atoms with Crippen LogP contribution in [0, 0.1) is 0 Å². The Morgan fingerprint density at radius 2 is 1.73 bits per heavy atom. The molecule has 0 aliphatic carbocycles. The average molecular weight is 300 g/mol. The molecule has 22 heavy (non-hydrogen) atoms. The highest BCUT2D eigenvalue weighted by molar-refractivity contribution is 5.62. The maximum Gasteiger partial charge on any atom is 0.511 e. The molecule has 2 aromatic rings. The summed E-state index contributed by atoms with van der Waals surface area (Å²) in [5.41, 5.74) is 0.866. The summed E-state index contributed by atoms with van der Waals surface area (Å²) in [6.07, 6.45) is -0.469. The van der Waals surface area contributed by atoms with Gasteiger partial charge in [0.25, 0.3) is 0 Å². The van der Waals surface area contributed by atoms with E-state index in [1.54, 1.807) is 12.1 Å². The minimum absolute atomic E-state index is 0.289. The second-order valence-electron chi connectivity index (χ2n) is 5.11. The fourth-order valence-electron chi connectivity index (χ4n) is 2.42. The fraction of sp³-hybridized carbons (Fsp3) is 0.278. The summed E-state index contributed by atoms with van der Waals surface area (Å²) in [6.45, 7) is 4.53. The van der Waals surface area contributed by atoms with Crippen molar-refractivity contribution in [1.29, 1.82) is 0 Å². The van der Waals surface area contributed by atoms with Crippen molar-refractivity contribution in [2.75, 3.05) is 6.61 Å². The van der Waals surface area contributed by atoms with Crippen LogP contribution in [0.1, 0.15) is 31.4 Å². The molecular weight excluding hydrogens is 280 g/mol. The zero-order valence-corrected chi connectivity index (χ0v) is 12.8. The minimum atomic E-state index is -1.33. The first-order chi connectivity index (χ1) is 10.6. The third kappa shape index (κ3) is 3.46. The number of ether oxygens (including phenoxy) is 2. The zero-order chi connectivity index (χ0) is 16.0. The Bertz CT molecular complexity index is 624. The van der Waals surface area contributed by atoms with Gasteiger partial charge in [0.05, 0.1) is 0 Å². The Balaban J connectivity index is 2.52. The largest absolute Gasteiger partial charge is 0.511 e. The molecule has 4 heteroatoms. The van der Waals surface area contributed by atoms with E-state index in [0.29, 0.717) is 12.2 Å². The molecule has 0 amide bonds. The second-order valence-corrected chi connectivity index (χ2v) is 5.11. The molecule has 2 rings (SSSR count). The van der Waals surface area contributed by atoms with Gasteiger partial charge >= 0.3 is 6.16 Å². The zero-order valence-electron chi connectivity index (χ0n) is 12.8. The van der Waals surface area contributed by atoms with E-state index in [4.69, 9.17) is 14.6 Å². The first-order valence-corrected chi connectivity index (χ1v) is 7.27. The lowest BCUT2D eigenvalue weighted by atomic mass is 9.87. The molecule has 0 saturated carbocycles. The van der Waals surface area contributed by atoms with Crippen molar-refractivity contribution in [2.24, 2.45) is 0 Å². The van der Waals surface area contributed by atoms with Crippen molar-refractivity contribution in [2.45, 2.75) is 25.9 Å². The number of benzene rings is 2.